The molecule has 0 heterocycles. The standard InChI is InChI=1S/C8H8O3.Mo/c9-7(8(10)11)6-4-2-1-3-5-6;/h1-5,7,9H,(H,10,11);. The minimum absolute atomic E-state index is 0. The Morgan fingerprint density at radius 1 is 1.25 bits per heavy atom. The third-order valence-electron chi connectivity index (χ3n) is 1.35. The van der Waals surface area contributed by atoms with Crippen LogP contribution >= 0.6 is 0 Å². The van der Waals surface area contributed by atoms with Gasteiger partial charge in [0.25, 0.3) is 0 Å². The Labute approximate surface area is 84.3 Å². The van der Waals surface area contributed by atoms with Gasteiger partial charge in [-0.3, -0.25) is 0 Å². The molecule has 0 aliphatic heterocycles. The van der Waals surface area contributed by atoms with E-state index < -0.39 is 12.1 Å². The average Bonchev–Trinajstić information content (AvgIpc) is 2.05. The van der Waals surface area contributed by atoms with Gasteiger partial charge >= 0.3 is 5.97 Å². The van der Waals surface area contributed by atoms with Gasteiger partial charge in [-0.15, -0.1) is 0 Å². The van der Waals surface area contributed by atoms with Crippen LogP contribution in [0.3, 0.4) is 0 Å². The van der Waals surface area contributed by atoms with E-state index in [1.54, 1.807) is 30.3 Å². The molecule has 1 aromatic carbocycles. The van der Waals surface area contributed by atoms with Crippen molar-refractivity contribution in [2.75, 3.05) is 0 Å². The topological polar surface area (TPSA) is 57.5 Å². The summed E-state index contributed by atoms with van der Waals surface area (Å²) in [6.07, 6.45) is -1.41. The zero-order chi connectivity index (χ0) is 8.27. The van der Waals surface area contributed by atoms with Crippen LogP contribution in [-0.4, -0.2) is 16.2 Å². The van der Waals surface area contributed by atoms with Crippen molar-refractivity contribution in [3.8, 4) is 0 Å². The second kappa shape index (κ2) is 5.07. The first kappa shape index (κ1) is 11.3. The summed E-state index contributed by atoms with van der Waals surface area (Å²) in [6, 6.07) is 8.26. The normalized spacial score (nSPS) is 11.4. The zero-order valence-corrected chi connectivity index (χ0v) is 8.18. The quantitative estimate of drug-likeness (QED) is 0.761. The molecule has 0 amide bonds. The van der Waals surface area contributed by atoms with Gasteiger partial charge in [0.05, 0.1) is 0 Å². The van der Waals surface area contributed by atoms with Crippen LogP contribution in [0.4, 0.5) is 0 Å². The smallest absolute Gasteiger partial charge is 0.337 e. The van der Waals surface area contributed by atoms with Gasteiger partial charge in [0.15, 0.2) is 6.10 Å². The van der Waals surface area contributed by atoms with E-state index in [1.807, 2.05) is 0 Å². The molecular formula is C8H8MoO3. The number of carboxylic acids is 1. The summed E-state index contributed by atoms with van der Waals surface area (Å²) in [5.74, 6) is -1.23. The summed E-state index contributed by atoms with van der Waals surface area (Å²) >= 11 is 0. The van der Waals surface area contributed by atoms with Gasteiger partial charge in [-0.05, 0) is 5.56 Å². The summed E-state index contributed by atoms with van der Waals surface area (Å²) < 4.78 is 0. The summed E-state index contributed by atoms with van der Waals surface area (Å²) in [5, 5.41) is 17.4. The summed E-state index contributed by atoms with van der Waals surface area (Å²) in [7, 11) is 0. The molecule has 0 fully saturated rings. The van der Waals surface area contributed by atoms with Crippen molar-refractivity contribution in [2.45, 2.75) is 6.10 Å². The maximum atomic E-state index is 10.2. The van der Waals surface area contributed by atoms with Crippen LogP contribution in [0, 0.1) is 0 Å². The van der Waals surface area contributed by atoms with E-state index in [0.717, 1.165) is 0 Å². The van der Waals surface area contributed by atoms with Crippen molar-refractivity contribution < 1.29 is 36.1 Å². The van der Waals surface area contributed by atoms with Crippen molar-refractivity contribution >= 4 is 5.97 Å². The number of aliphatic hydroxyl groups excluding tert-OH is 1. The van der Waals surface area contributed by atoms with Gasteiger partial charge < -0.3 is 10.2 Å². The number of aliphatic carboxylic acids is 1. The van der Waals surface area contributed by atoms with Crippen LogP contribution in [0.1, 0.15) is 11.7 Å². The van der Waals surface area contributed by atoms with Crippen LogP contribution in [-0.2, 0) is 25.9 Å². The zero-order valence-electron chi connectivity index (χ0n) is 6.18. The first-order chi connectivity index (χ1) is 5.22. The third kappa shape index (κ3) is 2.76. The Morgan fingerprint density at radius 2 is 1.75 bits per heavy atom. The molecule has 3 nitrogen and oxygen atoms in total. The van der Waals surface area contributed by atoms with Crippen molar-refractivity contribution in [3.63, 3.8) is 0 Å². The van der Waals surface area contributed by atoms with Crippen molar-refractivity contribution in [3.05, 3.63) is 35.9 Å². The van der Waals surface area contributed by atoms with Crippen molar-refractivity contribution in [2.24, 2.45) is 0 Å². The molecule has 0 bridgehead atoms. The van der Waals surface area contributed by atoms with Crippen molar-refractivity contribution in [1.29, 1.82) is 0 Å². The van der Waals surface area contributed by atoms with Gasteiger partial charge in [-0.25, -0.2) is 4.79 Å². The molecule has 0 saturated carbocycles. The Kier molecular flexibility index (Phi) is 4.79. The molecule has 0 spiro atoms. The monoisotopic (exact) mass is 250 g/mol. The van der Waals surface area contributed by atoms with Crippen LogP contribution < -0.4 is 0 Å². The number of hydrogen-bond donors (Lipinski definition) is 2. The van der Waals surface area contributed by atoms with E-state index in [0.29, 0.717) is 5.56 Å². The second-order valence-corrected chi connectivity index (χ2v) is 2.15. The van der Waals surface area contributed by atoms with Gasteiger partial charge in [0.1, 0.15) is 0 Å². The van der Waals surface area contributed by atoms with E-state index in [-0.39, 0.29) is 21.1 Å². The Hall–Kier alpha value is -0.662. The molecule has 1 rings (SSSR count). The predicted octanol–water partition coefficient (Wildman–Crippen LogP) is 0.802. The van der Waals surface area contributed by atoms with Gasteiger partial charge in [0.2, 0.25) is 0 Å². The molecule has 12 heavy (non-hydrogen) atoms. The Balaban J connectivity index is 0.00000121. The van der Waals surface area contributed by atoms with E-state index in [1.165, 1.54) is 0 Å². The van der Waals surface area contributed by atoms with Crippen LogP contribution in [0.2, 0.25) is 0 Å². The van der Waals surface area contributed by atoms with Crippen LogP contribution in [0.15, 0.2) is 30.3 Å². The maximum Gasteiger partial charge on any atom is 0.337 e. The number of aliphatic hydroxyl groups is 1. The first-order valence-corrected chi connectivity index (χ1v) is 3.17. The molecule has 1 aromatic rings. The molecule has 0 aliphatic rings. The van der Waals surface area contributed by atoms with E-state index in [9.17, 15) is 4.79 Å². The van der Waals surface area contributed by atoms with Gasteiger partial charge in [-0.1, -0.05) is 30.3 Å². The molecule has 0 aromatic heterocycles. The average molecular weight is 248 g/mol. The predicted molar refractivity (Wildman–Crippen MR) is 39.0 cm³/mol. The third-order valence-corrected chi connectivity index (χ3v) is 1.35. The molecule has 64 valence electrons. The fourth-order valence-corrected chi connectivity index (χ4v) is 0.778. The summed E-state index contributed by atoms with van der Waals surface area (Å²) in [6.45, 7) is 0. The molecule has 4 heteroatoms. The number of carbonyl (C=O) groups is 1. The maximum absolute atomic E-state index is 10.2. The number of benzene rings is 1. The van der Waals surface area contributed by atoms with Crippen molar-refractivity contribution in [1.82, 2.24) is 0 Å². The summed E-state index contributed by atoms with van der Waals surface area (Å²) in [5.41, 5.74) is 0.403. The number of carboxylic acid groups (broad SMARTS) is 1. The summed E-state index contributed by atoms with van der Waals surface area (Å²) in [4.78, 5) is 10.2. The minimum atomic E-state index is -1.41. The second-order valence-electron chi connectivity index (χ2n) is 2.15. The first-order valence-electron chi connectivity index (χ1n) is 3.17. The Bertz CT molecular complexity index is 248. The molecule has 1 unspecified atom stereocenters. The van der Waals surface area contributed by atoms with E-state index >= 15 is 0 Å². The van der Waals surface area contributed by atoms with Crippen LogP contribution in [0.25, 0.3) is 0 Å². The largest absolute Gasteiger partial charge is 0.479 e. The van der Waals surface area contributed by atoms with Gasteiger partial charge in [-0.2, -0.15) is 0 Å². The van der Waals surface area contributed by atoms with Crippen LogP contribution in [0.5, 0.6) is 0 Å². The minimum Gasteiger partial charge on any atom is -0.479 e. The SMILES string of the molecule is O=C(O)C(O)c1ccccc1.[Mo]. The fourth-order valence-electron chi connectivity index (χ4n) is 0.778. The number of rotatable bonds is 2. The molecular weight excluding hydrogens is 240 g/mol. The van der Waals surface area contributed by atoms with E-state index in [2.05, 4.69) is 0 Å². The number of hydrogen-bond acceptors (Lipinski definition) is 2. The van der Waals surface area contributed by atoms with E-state index in [4.69, 9.17) is 10.2 Å². The fraction of sp³-hybridized carbons (Fsp3) is 0.125. The molecule has 0 saturated heterocycles. The molecule has 2 N–H and O–H groups in total. The Morgan fingerprint density at radius 3 is 2.17 bits per heavy atom. The molecule has 0 aliphatic carbocycles. The van der Waals surface area contributed by atoms with Gasteiger partial charge in [0, 0.05) is 21.1 Å². The molecule has 0 radical (unpaired) electrons. The molecule has 1 atom stereocenters.